The molecule has 1 aromatic carbocycles. The molecule has 2 rings (SSSR count). The standard InChI is InChI=1S/C10H10ClI/c1-10(12)5-7-2-3-9(11)4-8(7)6-10/h2-4H,5-6H2,1H3. The molecular weight excluding hydrogens is 282 g/mol. The van der Waals surface area contributed by atoms with Gasteiger partial charge in [0, 0.05) is 8.44 Å². The zero-order valence-corrected chi connectivity index (χ0v) is 9.82. The number of halogens is 2. The van der Waals surface area contributed by atoms with Crippen molar-refractivity contribution >= 4 is 34.2 Å². The molecule has 2 heteroatoms. The summed E-state index contributed by atoms with van der Waals surface area (Å²) in [7, 11) is 0. The van der Waals surface area contributed by atoms with Gasteiger partial charge in [0.2, 0.25) is 0 Å². The third-order valence-electron chi connectivity index (χ3n) is 2.29. The van der Waals surface area contributed by atoms with E-state index in [1.165, 1.54) is 17.5 Å². The van der Waals surface area contributed by atoms with Gasteiger partial charge in [0.25, 0.3) is 0 Å². The molecular formula is C10H10ClI. The van der Waals surface area contributed by atoms with E-state index in [0.717, 1.165) is 11.4 Å². The molecule has 0 fully saturated rings. The number of fused-ring (bicyclic) bond motifs is 1. The number of rotatable bonds is 0. The highest BCUT2D eigenvalue weighted by Gasteiger charge is 2.29. The maximum atomic E-state index is 5.91. The highest BCUT2D eigenvalue weighted by atomic mass is 127. The van der Waals surface area contributed by atoms with Crippen LogP contribution >= 0.6 is 34.2 Å². The molecule has 0 radical (unpaired) electrons. The lowest BCUT2D eigenvalue weighted by Gasteiger charge is -2.12. The van der Waals surface area contributed by atoms with Crippen molar-refractivity contribution < 1.29 is 0 Å². The molecule has 1 atom stereocenters. The number of hydrogen-bond acceptors (Lipinski definition) is 0. The number of benzene rings is 1. The first-order valence-corrected chi connectivity index (χ1v) is 5.49. The molecule has 12 heavy (non-hydrogen) atoms. The van der Waals surface area contributed by atoms with Crippen molar-refractivity contribution in [2.24, 2.45) is 0 Å². The van der Waals surface area contributed by atoms with Crippen LogP contribution in [0.1, 0.15) is 18.1 Å². The van der Waals surface area contributed by atoms with E-state index in [2.05, 4.69) is 41.6 Å². The third kappa shape index (κ3) is 1.62. The Bertz CT molecular complexity index is 318. The summed E-state index contributed by atoms with van der Waals surface area (Å²) in [6.45, 7) is 2.29. The highest BCUT2D eigenvalue weighted by molar-refractivity contribution is 14.1. The largest absolute Gasteiger partial charge is 0.0843 e. The first kappa shape index (κ1) is 8.82. The lowest BCUT2D eigenvalue weighted by atomic mass is 10.1. The molecule has 1 aliphatic carbocycles. The highest BCUT2D eigenvalue weighted by Crippen LogP contribution is 2.37. The SMILES string of the molecule is CC1(I)Cc2ccc(Cl)cc2C1. The minimum atomic E-state index is 0.408. The number of hydrogen-bond donors (Lipinski definition) is 0. The van der Waals surface area contributed by atoms with Gasteiger partial charge in [-0.05, 0) is 43.0 Å². The van der Waals surface area contributed by atoms with E-state index in [4.69, 9.17) is 11.6 Å². The van der Waals surface area contributed by atoms with Gasteiger partial charge in [-0.15, -0.1) is 0 Å². The summed E-state index contributed by atoms with van der Waals surface area (Å²) in [6, 6.07) is 6.24. The summed E-state index contributed by atoms with van der Waals surface area (Å²) in [5, 5.41) is 0.864. The van der Waals surface area contributed by atoms with Crippen LogP contribution < -0.4 is 0 Å². The molecule has 0 aliphatic heterocycles. The Morgan fingerprint density at radius 2 is 2.00 bits per heavy atom. The van der Waals surface area contributed by atoms with Gasteiger partial charge in [0.15, 0.2) is 0 Å². The van der Waals surface area contributed by atoms with Gasteiger partial charge in [0.1, 0.15) is 0 Å². The Morgan fingerprint density at radius 3 is 2.75 bits per heavy atom. The molecule has 0 saturated carbocycles. The van der Waals surface area contributed by atoms with Crippen LogP contribution in [0, 0.1) is 0 Å². The van der Waals surface area contributed by atoms with Crippen molar-refractivity contribution in [2.75, 3.05) is 0 Å². The summed E-state index contributed by atoms with van der Waals surface area (Å²) in [5.74, 6) is 0. The van der Waals surface area contributed by atoms with Crippen molar-refractivity contribution in [1.29, 1.82) is 0 Å². The van der Waals surface area contributed by atoms with Gasteiger partial charge >= 0.3 is 0 Å². The summed E-state index contributed by atoms with van der Waals surface area (Å²) in [5.41, 5.74) is 2.90. The number of alkyl halides is 1. The minimum absolute atomic E-state index is 0.408. The second-order valence-electron chi connectivity index (χ2n) is 3.68. The molecule has 0 spiro atoms. The molecule has 0 amide bonds. The first-order chi connectivity index (χ1) is 5.57. The fourth-order valence-electron chi connectivity index (χ4n) is 1.79. The van der Waals surface area contributed by atoms with Gasteiger partial charge in [0.05, 0.1) is 0 Å². The van der Waals surface area contributed by atoms with Gasteiger partial charge in [-0.25, -0.2) is 0 Å². The molecule has 1 unspecified atom stereocenters. The zero-order chi connectivity index (χ0) is 8.77. The average molecular weight is 293 g/mol. The lowest BCUT2D eigenvalue weighted by Crippen LogP contribution is -2.13. The van der Waals surface area contributed by atoms with Gasteiger partial charge < -0.3 is 0 Å². The van der Waals surface area contributed by atoms with Crippen LogP contribution in [0.5, 0.6) is 0 Å². The van der Waals surface area contributed by atoms with Crippen molar-refractivity contribution in [2.45, 2.75) is 23.2 Å². The van der Waals surface area contributed by atoms with Crippen LogP contribution in [0.25, 0.3) is 0 Å². The fourth-order valence-corrected chi connectivity index (χ4v) is 2.80. The van der Waals surface area contributed by atoms with E-state index in [1.807, 2.05) is 6.07 Å². The normalized spacial score (nSPS) is 27.2. The van der Waals surface area contributed by atoms with E-state index in [1.54, 1.807) is 0 Å². The molecule has 64 valence electrons. The van der Waals surface area contributed by atoms with E-state index < -0.39 is 0 Å². The second-order valence-corrected chi connectivity index (χ2v) is 6.72. The van der Waals surface area contributed by atoms with Crippen LogP contribution in [0.2, 0.25) is 5.02 Å². The summed E-state index contributed by atoms with van der Waals surface area (Å²) < 4.78 is 0.408. The van der Waals surface area contributed by atoms with Crippen LogP contribution in [0.4, 0.5) is 0 Å². The molecule has 1 aromatic rings. The Morgan fingerprint density at radius 1 is 1.33 bits per heavy atom. The molecule has 0 heterocycles. The Balaban J connectivity index is 2.43. The molecule has 0 saturated heterocycles. The maximum Gasteiger partial charge on any atom is 0.0408 e. The second kappa shape index (κ2) is 2.88. The Kier molecular flexibility index (Phi) is 2.11. The van der Waals surface area contributed by atoms with Crippen molar-refractivity contribution in [1.82, 2.24) is 0 Å². The lowest BCUT2D eigenvalue weighted by molar-refractivity contribution is 0.726. The van der Waals surface area contributed by atoms with Crippen LogP contribution in [-0.4, -0.2) is 3.42 Å². The Hall–Kier alpha value is 0.240. The average Bonchev–Trinajstić information content (AvgIpc) is 2.21. The molecule has 0 aromatic heterocycles. The summed E-state index contributed by atoms with van der Waals surface area (Å²) >= 11 is 8.44. The molecule has 0 nitrogen and oxygen atoms in total. The van der Waals surface area contributed by atoms with E-state index in [-0.39, 0.29) is 0 Å². The van der Waals surface area contributed by atoms with Crippen LogP contribution in [-0.2, 0) is 12.8 Å². The maximum absolute atomic E-state index is 5.91. The zero-order valence-electron chi connectivity index (χ0n) is 6.90. The van der Waals surface area contributed by atoms with Crippen LogP contribution in [0.3, 0.4) is 0 Å². The smallest absolute Gasteiger partial charge is 0.0408 e. The molecule has 0 N–H and O–H groups in total. The predicted octanol–water partition coefficient (Wildman–Crippen LogP) is 3.63. The van der Waals surface area contributed by atoms with Crippen molar-refractivity contribution in [3.05, 3.63) is 34.3 Å². The monoisotopic (exact) mass is 292 g/mol. The van der Waals surface area contributed by atoms with Crippen LogP contribution in [0.15, 0.2) is 18.2 Å². The van der Waals surface area contributed by atoms with E-state index in [9.17, 15) is 0 Å². The van der Waals surface area contributed by atoms with Crippen molar-refractivity contribution in [3.63, 3.8) is 0 Å². The quantitative estimate of drug-likeness (QED) is 0.506. The Labute approximate surface area is 91.5 Å². The summed E-state index contributed by atoms with van der Waals surface area (Å²) in [4.78, 5) is 0. The van der Waals surface area contributed by atoms with Crippen molar-refractivity contribution in [3.8, 4) is 0 Å². The van der Waals surface area contributed by atoms with Gasteiger partial charge in [-0.3, -0.25) is 0 Å². The first-order valence-electron chi connectivity index (χ1n) is 4.03. The minimum Gasteiger partial charge on any atom is -0.0843 e. The molecule has 0 bridgehead atoms. The fraction of sp³-hybridized carbons (Fsp3) is 0.400. The van der Waals surface area contributed by atoms with Gasteiger partial charge in [-0.1, -0.05) is 40.3 Å². The topological polar surface area (TPSA) is 0 Å². The molecule has 1 aliphatic rings. The third-order valence-corrected chi connectivity index (χ3v) is 3.28. The summed E-state index contributed by atoms with van der Waals surface area (Å²) in [6.07, 6.45) is 2.34. The van der Waals surface area contributed by atoms with E-state index in [0.29, 0.717) is 3.42 Å². The van der Waals surface area contributed by atoms with Gasteiger partial charge in [-0.2, -0.15) is 0 Å². The van der Waals surface area contributed by atoms with E-state index >= 15 is 0 Å². The predicted molar refractivity (Wildman–Crippen MR) is 61.3 cm³/mol.